The van der Waals surface area contributed by atoms with Crippen LogP contribution in [0.15, 0.2) is 72.1 Å². The number of carbonyl (C=O) groups excluding carboxylic acids is 1. The second-order valence-corrected chi connectivity index (χ2v) is 9.27. The minimum Gasteiger partial charge on any atom is -0.383 e. The van der Waals surface area contributed by atoms with Gasteiger partial charge in [-0.25, -0.2) is 15.4 Å². The van der Waals surface area contributed by atoms with Gasteiger partial charge in [0.25, 0.3) is 5.91 Å². The van der Waals surface area contributed by atoms with Crippen LogP contribution in [0.4, 0.5) is 5.82 Å². The van der Waals surface area contributed by atoms with Crippen molar-refractivity contribution in [1.82, 2.24) is 20.0 Å². The summed E-state index contributed by atoms with van der Waals surface area (Å²) < 4.78 is 2.18. The van der Waals surface area contributed by atoms with Gasteiger partial charge < -0.3 is 10.3 Å². The van der Waals surface area contributed by atoms with E-state index in [4.69, 9.17) is 5.73 Å². The van der Waals surface area contributed by atoms with Gasteiger partial charge in [-0.2, -0.15) is 5.10 Å². The maximum atomic E-state index is 12.8. The Balaban J connectivity index is 1.35. The van der Waals surface area contributed by atoms with E-state index in [9.17, 15) is 4.79 Å². The molecule has 0 fully saturated rings. The number of nitrogens with one attached hydrogen (secondary N) is 1. The fourth-order valence-electron chi connectivity index (χ4n) is 4.28. The molecular weight excluding hydrogens is 456 g/mol. The Bertz CT molecular complexity index is 1570. The SMILES string of the molecule is Cc1c(C(=O)N/N=C\c2cc(C)n(-c3ccc(-c4ccccc4)cc3)c2C)sc2ncnc(N)c12. The molecule has 0 radical (unpaired) electrons. The molecule has 0 saturated heterocycles. The zero-order valence-electron chi connectivity index (χ0n) is 19.6. The number of fused-ring (bicyclic) bond motifs is 1. The number of nitrogen functional groups attached to an aromatic ring is 1. The van der Waals surface area contributed by atoms with Gasteiger partial charge in [-0.3, -0.25) is 4.79 Å². The van der Waals surface area contributed by atoms with Crippen molar-refractivity contribution in [3.8, 4) is 16.8 Å². The number of hydrazone groups is 1. The van der Waals surface area contributed by atoms with Crippen LogP contribution in [-0.2, 0) is 0 Å². The van der Waals surface area contributed by atoms with Crippen molar-refractivity contribution in [2.24, 2.45) is 5.10 Å². The highest BCUT2D eigenvalue weighted by atomic mass is 32.1. The van der Waals surface area contributed by atoms with E-state index in [0.717, 1.165) is 28.2 Å². The fraction of sp³-hybridized carbons (Fsp3) is 0.111. The van der Waals surface area contributed by atoms with E-state index in [1.165, 1.54) is 28.8 Å². The lowest BCUT2D eigenvalue weighted by molar-refractivity contribution is 0.0958. The molecule has 5 aromatic rings. The highest BCUT2D eigenvalue weighted by Gasteiger charge is 2.18. The predicted molar refractivity (Wildman–Crippen MR) is 142 cm³/mol. The van der Waals surface area contributed by atoms with Crippen LogP contribution in [-0.4, -0.2) is 26.7 Å². The molecule has 0 atom stereocenters. The summed E-state index contributed by atoms with van der Waals surface area (Å²) in [4.78, 5) is 22.2. The van der Waals surface area contributed by atoms with E-state index in [-0.39, 0.29) is 5.91 Å². The Morgan fingerprint density at radius 1 is 1.03 bits per heavy atom. The van der Waals surface area contributed by atoms with Crippen molar-refractivity contribution in [2.75, 3.05) is 5.73 Å². The maximum absolute atomic E-state index is 12.8. The average molecular weight is 481 g/mol. The number of thiophene rings is 1. The number of benzene rings is 2. The van der Waals surface area contributed by atoms with E-state index in [2.05, 4.69) is 74.5 Å². The van der Waals surface area contributed by atoms with Crippen LogP contribution in [0.1, 0.15) is 32.2 Å². The normalized spacial score (nSPS) is 11.4. The van der Waals surface area contributed by atoms with Gasteiger partial charge in [-0.15, -0.1) is 11.3 Å². The van der Waals surface area contributed by atoms with E-state index in [1.54, 1.807) is 6.21 Å². The third-order valence-electron chi connectivity index (χ3n) is 6.04. The molecule has 2 aromatic carbocycles. The van der Waals surface area contributed by atoms with Gasteiger partial charge in [0, 0.05) is 22.6 Å². The number of rotatable bonds is 5. The summed E-state index contributed by atoms with van der Waals surface area (Å²) in [6, 6.07) is 20.8. The number of nitrogens with zero attached hydrogens (tertiary/aromatic N) is 4. The molecule has 3 aromatic heterocycles. The van der Waals surface area contributed by atoms with Crippen molar-refractivity contribution >= 4 is 39.5 Å². The molecule has 0 aliphatic rings. The Labute approximate surface area is 207 Å². The second kappa shape index (κ2) is 9.15. The molecule has 35 heavy (non-hydrogen) atoms. The highest BCUT2D eigenvalue weighted by Crippen LogP contribution is 2.31. The lowest BCUT2D eigenvalue weighted by Gasteiger charge is -2.11. The summed E-state index contributed by atoms with van der Waals surface area (Å²) in [7, 11) is 0. The monoisotopic (exact) mass is 480 g/mol. The van der Waals surface area contributed by atoms with Crippen LogP contribution in [0.2, 0.25) is 0 Å². The molecular formula is C27H24N6OS. The molecule has 3 N–H and O–H groups in total. The van der Waals surface area contributed by atoms with E-state index in [0.29, 0.717) is 20.9 Å². The minimum absolute atomic E-state index is 0.300. The summed E-state index contributed by atoms with van der Waals surface area (Å²) in [5, 5.41) is 4.93. The lowest BCUT2D eigenvalue weighted by Crippen LogP contribution is -2.17. The molecule has 0 bridgehead atoms. The zero-order valence-corrected chi connectivity index (χ0v) is 20.4. The van der Waals surface area contributed by atoms with Crippen LogP contribution < -0.4 is 11.2 Å². The second-order valence-electron chi connectivity index (χ2n) is 8.27. The predicted octanol–water partition coefficient (Wildman–Crippen LogP) is 5.42. The van der Waals surface area contributed by atoms with Gasteiger partial charge in [-0.1, -0.05) is 42.5 Å². The molecule has 0 saturated carbocycles. The summed E-state index contributed by atoms with van der Waals surface area (Å²) >= 11 is 1.28. The van der Waals surface area contributed by atoms with Gasteiger partial charge in [0.1, 0.15) is 17.0 Å². The number of aryl methyl sites for hydroxylation is 2. The molecule has 8 heteroatoms. The topological polar surface area (TPSA) is 98.2 Å². The first kappa shape index (κ1) is 22.5. The maximum Gasteiger partial charge on any atom is 0.281 e. The van der Waals surface area contributed by atoms with E-state index in [1.807, 2.05) is 32.0 Å². The smallest absolute Gasteiger partial charge is 0.281 e. The number of nitrogens with two attached hydrogens (primary N) is 1. The van der Waals surface area contributed by atoms with Crippen molar-refractivity contribution < 1.29 is 4.79 Å². The van der Waals surface area contributed by atoms with Crippen molar-refractivity contribution in [2.45, 2.75) is 20.8 Å². The molecule has 3 heterocycles. The summed E-state index contributed by atoms with van der Waals surface area (Å²) in [6.45, 7) is 5.94. The molecule has 174 valence electrons. The van der Waals surface area contributed by atoms with E-state index >= 15 is 0 Å². The number of anilines is 1. The van der Waals surface area contributed by atoms with Gasteiger partial charge in [0.05, 0.1) is 16.5 Å². The van der Waals surface area contributed by atoms with Crippen LogP contribution in [0.5, 0.6) is 0 Å². The summed E-state index contributed by atoms with van der Waals surface area (Å²) in [5.74, 6) is 0.0713. The standard InChI is InChI=1S/C27H24N6OS/c1-16-13-21(14-31-32-26(34)24-17(2)23-25(28)29-15-30-27(23)35-24)18(3)33(16)22-11-9-20(10-12-22)19-7-5-4-6-8-19/h4-15H,1-3H3,(H,32,34)(H2,28,29,30)/b31-14-. The highest BCUT2D eigenvalue weighted by molar-refractivity contribution is 7.20. The van der Waals surface area contributed by atoms with Crippen LogP contribution in [0, 0.1) is 20.8 Å². The molecule has 0 aliphatic carbocycles. The lowest BCUT2D eigenvalue weighted by atomic mass is 10.1. The van der Waals surface area contributed by atoms with Gasteiger partial charge in [-0.05, 0) is 55.7 Å². The Morgan fingerprint density at radius 3 is 2.46 bits per heavy atom. The van der Waals surface area contributed by atoms with Crippen LogP contribution in [0.25, 0.3) is 27.0 Å². The first-order chi connectivity index (χ1) is 16.9. The molecule has 0 aliphatic heterocycles. The third kappa shape index (κ3) is 4.20. The number of hydrogen-bond donors (Lipinski definition) is 2. The van der Waals surface area contributed by atoms with Gasteiger partial charge in [0.15, 0.2) is 0 Å². The fourth-order valence-corrected chi connectivity index (χ4v) is 5.32. The van der Waals surface area contributed by atoms with Crippen LogP contribution in [0.3, 0.4) is 0 Å². The van der Waals surface area contributed by atoms with E-state index < -0.39 is 0 Å². The largest absolute Gasteiger partial charge is 0.383 e. The van der Waals surface area contributed by atoms with Crippen molar-refractivity contribution in [3.05, 3.63) is 94.4 Å². The number of hydrogen-bond acceptors (Lipinski definition) is 6. The number of amides is 1. The molecule has 0 unspecified atom stereocenters. The van der Waals surface area contributed by atoms with Crippen molar-refractivity contribution in [1.29, 1.82) is 0 Å². The number of aromatic nitrogens is 3. The van der Waals surface area contributed by atoms with Crippen molar-refractivity contribution in [3.63, 3.8) is 0 Å². The average Bonchev–Trinajstić information content (AvgIpc) is 3.36. The van der Waals surface area contributed by atoms with Gasteiger partial charge >= 0.3 is 0 Å². The zero-order chi connectivity index (χ0) is 24.5. The Morgan fingerprint density at radius 2 is 1.74 bits per heavy atom. The third-order valence-corrected chi connectivity index (χ3v) is 7.23. The Kier molecular flexibility index (Phi) is 5.88. The first-order valence-corrected chi connectivity index (χ1v) is 11.9. The minimum atomic E-state index is -0.300. The first-order valence-electron chi connectivity index (χ1n) is 11.1. The van der Waals surface area contributed by atoms with Crippen LogP contribution >= 0.6 is 11.3 Å². The molecule has 0 spiro atoms. The van der Waals surface area contributed by atoms with Gasteiger partial charge in [0.2, 0.25) is 0 Å². The quantitative estimate of drug-likeness (QED) is 0.259. The molecule has 5 rings (SSSR count). The summed E-state index contributed by atoms with van der Waals surface area (Å²) in [5.41, 5.74) is 15.8. The summed E-state index contributed by atoms with van der Waals surface area (Å²) in [6.07, 6.45) is 3.07. The molecule has 1 amide bonds. The number of carbonyl (C=O) groups is 1. The molecule has 7 nitrogen and oxygen atoms in total. The Hall–Kier alpha value is -4.30.